The average Bonchev–Trinajstić information content (AvgIpc) is 2.60. The van der Waals surface area contributed by atoms with Crippen molar-refractivity contribution in [1.82, 2.24) is 0 Å². The zero-order chi connectivity index (χ0) is 18.7. The topological polar surface area (TPSA) is 165 Å². The molecule has 0 saturated carbocycles. The summed E-state index contributed by atoms with van der Waals surface area (Å²) in [5.74, 6) is -0.435. The van der Waals surface area contributed by atoms with E-state index >= 15 is 0 Å². The molecule has 5 atom stereocenters. The number of aliphatic hydroxyl groups excluding tert-OH is 4. The highest BCUT2D eigenvalue weighted by molar-refractivity contribution is 5.76. The first-order valence-corrected chi connectivity index (χ1v) is 8.51. The molecule has 0 unspecified atom stereocenters. The van der Waals surface area contributed by atoms with Crippen LogP contribution in [0, 0.1) is 0 Å². The largest absolute Gasteiger partial charge is 0.394 e. The van der Waals surface area contributed by atoms with E-state index in [4.69, 9.17) is 20.1 Å². The summed E-state index contributed by atoms with van der Waals surface area (Å²) in [5.41, 5.74) is 8.09. The molecule has 1 fully saturated rings. The van der Waals surface area contributed by atoms with Crippen molar-refractivity contribution in [3.63, 3.8) is 0 Å². The van der Waals surface area contributed by atoms with E-state index in [1.165, 1.54) is 0 Å². The second-order valence-corrected chi connectivity index (χ2v) is 6.02. The summed E-state index contributed by atoms with van der Waals surface area (Å²) in [6.45, 7) is -0.162. The molecule has 1 aliphatic rings. The van der Waals surface area contributed by atoms with Crippen molar-refractivity contribution in [3.05, 3.63) is 10.4 Å². The van der Waals surface area contributed by atoms with Gasteiger partial charge in [0.1, 0.15) is 24.4 Å². The third-order valence-corrected chi connectivity index (χ3v) is 4.07. The van der Waals surface area contributed by atoms with Crippen LogP contribution in [0.3, 0.4) is 0 Å². The lowest BCUT2D eigenvalue weighted by atomic mass is 9.99. The normalized spacial score (nSPS) is 29.2. The Bertz CT molecular complexity index is 443. The minimum absolute atomic E-state index is 0.268. The number of aliphatic hydroxyl groups is 4. The van der Waals surface area contributed by atoms with Crippen LogP contribution in [0.5, 0.6) is 0 Å². The number of rotatable bonds is 11. The molecule has 0 aromatic carbocycles. The number of nitrogens with zero attached hydrogens (tertiary/aromatic N) is 3. The molecule has 0 radical (unpaired) electrons. The highest BCUT2D eigenvalue weighted by Gasteiger charge is 2.43. The number of carbonyl (C=O) groups excluding carboxylic acids is 1. The predicted octanol–water partition coefficient (Wildman–Crippen LogP) is 0.370. The molecule has 10 heteroatoms. The van der Waals surface area contributed by atoms with Crippen LogP contribution in [0.1, 0.15) is 44.9 Å². The molecule has 0 bridgehead atoms. The molecule has 1 rings (SSSR count). The van der Waals surface area contributed by atoms with Gasteiger partial charge >= 0.3 is 0 Å². The fourth-order valence-corrected chi connectivity index (χ4v) is 2.59. The highest BCUT2D eigenvalue weighted by atomic mass is 16.7. The summed E-state index contributed by atoms with van der Waals surface area (Å²) < 4.78 is 10.6. The lowest BCUT2D eigenvalue weighted by Crippen LogP contribution is -2.59. The van der Waals surface area contributed by atoms with E-state index in [1.807, 2.05) is 0 Å². The van der Waals surface area contributed by atoms with Crippen molar-refractivity contribution in [2.24, 2.45) is 5.11 Å². The first kappa shape index (κ1) is 21.8. The third-order valence-electron chi connectivity index (χ3n) is 4.07. The minimum atomic E-state index is -1.43. The number of unbranched alkanes of at least 4 members (excludes halogenated alkanes) is 5. The maximum atomic E-state index is 11.0. The van der Waals surface area contributed by atoms with Crippen LogP contribution in [-0.4, -0.2) is 70.3 Å². The van der Waals surface area contributed by atoms with Crippen LogP contribution in [0.15, 0.2) is 5.11 Å². The van der Waals surface area contributed by atoms with Crippen molar-refractivity contribution in [1.29, 1.82) is 0 Å². The first-order valence-electron chi connectivity index (χ1n) is 8.51. The Morgan fingerprint density at radius 3 is 2.32 bits per heavy atom. The van der Waals surface area contributed by atoms with Crippen molar-refractivity contribution >= 4 is 5.91 Å². The van der Waals surface area contributed by atoms with Crippen LogP contribution in [-0.2, 0) is 14.3 Å². The fraction of sp³-hybridized carbons (Fsp3) is 0.933. The van der Waals surface area contributed by atoms with Gasteiger partial charge in [0.15, 0.2) is 6.29 Å². The maximum Gasteiger partial charge on any atom is 0.218 e. The highest BCUT2D eigenvalue weighted by Crippen LogP contribution is 2.22. The van der Waals surface area contributed by atoms with E-state index in [9.17, 15) is 20.1 Å². The van der Waals surface area contributed by atoms with Crippen molar-refractivity contribution in [3.8, 4) is 0 Å². The van der Waals surface area contributed by atoms with Gasteiger partial charge in [0.25, 0.3) is 0 Å². The summed E-state index contributed by atoms with van der Waals surface area (Å²) in [7, 11) is 0. The molecule has 0 aliphatic carbocycles. The third kappa shape index (κ3) is 7.66. The smallest absolute Gasteiger partial charge is 0.218 e. The van der Waals surface area contributed by atoms with Crippen molar-refractivity contribution < 1.29 is 34.7 Å². The molecule has 0 spiro atoms. The predicted molar refractivity (Wildman–Crippen MR) is 86.2 cm³/mol. The summed E-state index contributed by atoms with van der Waals surface area (Å²) in [6, 6.07) is 0. The van der Waals surface area contributed by atoms with Gasteiger partial charge in [0.05, 0.1) is 6.61 Å². The van der Waals surface area contributed by atoms with Gasteiger partial charge in [-0.25, -0.2) is 0 Å². The van der Waals surface area contributed by atoms with Crippen molar-refractivity contribution in [2.45, 2.75) is 75.7 Å². The molecule has 1 heterocycles. The van der Waals surface area contributed by atoms with Gasteiger partial charge in [0, 0.05) is 17.9 Å². The van der Waals surface area contributed by atoms with E-state index < -0.39 is 43.2 Å². The Morgan fingerprint density at radius 1 is 1.04 bits per heavy atom. The Balaban J connectivity index is 2.07. The molecular formula is C15H27N3O7. The number of hydrogen-bond donors (Lipinski definition) is 4. The van der Waals surface area contributed by atoms with Gasteiger partial charge < -0.3 is 29.9 Å². The molecule has 1 aliphatic heterocycles. The minimum Gasteiger partial charge on any atom is -0.394 e. The molecule has 144 valence electrons. The van der Waals surface area contributed by atoms with Gasteiger partial charge in [-0.15, -0.1) is 0 Å². The standard InChI is InChI=1S/C15H27N3O7/c16-18-17-11(20)7-5-3-1-2-4-6-8-24-15-14(23)13(22)12(21)10(9-19)25-15/h10,12-15,19,21-23H,1-9H2/t10-,12-,13+,14+,15+/m1/s1. The zero-order valence-corrected chi connectivity index (χ0v) is 14.1. The van der Waals surface area contributed by atoms with Gasteiger partial charge in [-0.2, -0.15) is 0 Å². The fourth-order valence-electron chi connectivity index (χ4n) is 2.59. The molecular weight excluding hydrogens is 334 g/mol. The van der Waals surface area contributed by atoms with E-state index in [1.54, 1.807) is 0 Å². The Morgan fingerprint density at radius 2 is 1.68 bits per heavy atom. The summed E-state index contributed by atoms with van der Waals surface area (Å²) in [6.07, 6.45) is -0.866. The van der Waals surface area contributed by atoms with Gasteiger partial charge in [-0.1, -0.05) is 25.7 Å². The van der Waals surface area contributed by atoms with Crippen LogP contribution in [0.4, 0.5) is 0 Å². The second kappa shape index (κ2) is 12.2. The van der Waals surface area contributed by atoms with E-state index in [0.29, 0.717) is 13.0 Å². The number of amides is 1. The SMILES string of the molecule is [N-]=[N+]=NC(=O)CCCCCCCCO[C@H]1O[C@H](CO)[C@@H](O)[C@H](O)[C@@H]1O. The molecule has 0 aromatic heterocycles. The molecule has 25 heavy (non-hydrogen) atoms. The Kier molecular flexibility index (Phi) is 10.6. The molecule has 10 nitrogen and oxygen atoms in total. The average molecular weight is 361 g/mol. The van der Waals surface area contributed by atoms with Crippen LogP contribution >= 0.6 is 0 Å². The van der Waals surface area contributed by atoms with E-state index in [0.717, 1.165) is 32.1 Å². The molecule has 1 saturated heterocycles. The molecule has 0 aromatic rings. The molecule has 4 N–H and O–H groups in total. The van der Waals surface area contributed by atoms with Crippen LogP contribution < -0.4 is 0 Å². The van der Waals surface area contributed by atoms with E-state index in [-0.39, 0.29) is 6.42 Å². The van der Waals surface area contributed by atoms with Crippen molar-refractivity contribution in [2.75, 3.05) is 13.2 Å². The number of hydrogen-bond acceptors (Lipinski definition) is 7. The number of ether oxygens (including phenoxy) is 2. The quantitative estimate of drug-likeness (QED) is 0.178. The number of carbonyl (C=O) groups is 1. The lowest BCUT2D eigenvalue weighted by Gasteiger charge is -2.39. The number of azide groups is 1. The maximum absolute atomic E-state index is 11.0. The zero-order valence-electron chi connectivity index (χ0n) is 14.1. The summed E-state index contributed by atoms with van der Waals surface area (Å²) in [5, 5.41) is 41.2. The second-order valence-electron chi connectivity index (χ2n) is 6.02. The van der Waals surface area contributed by atoms with Gasteiger partial charge in [-0.05, 0) is 23.5 Å². The summed E-state index contributed by atoms with van der Waals surface area (Å²) in [4.78, 5) is 13.4. The van der Waals surface area contributed by atoms with Gasteiger partial charge in [0.2, 0.25) is 5.91 Å². The molecule has 1 amide bonds. The van der Waals surface area contributed by atoms with Crippen LogP contribution in [0.2, 0.25) is 0 Å². The Labute approximate surface area is 146 Å². The Hall–Kier alpha value is -1.26. The van der Waals surface area contributed by atoms with E-state index in [2.05, 4.69) is 10.0 Å². The van der Waals surface area contributed by atoms with Gasteiger partial charge in [-0.3, -0.25) is 4.79 Å². The monoisotopic (exact) mass is 361 g/mol. The lowest BCUT2D eigenvalue weighted by molar-refractivity contribution is -0.301. The summed E-state index contributed by atoms with van der Waals surface area (Å²) >= 11 is 0. The first-order chi connectivity index (χ1) is 12.0. The van der Waals surface area contributed by atoms with Crippen LogP contribution in [0.25, 0.3) is 10.4 Å².